The molecule has 1 aromatic heterocycles. The van der Waals surface area contributed by atoms with Gasteiger partial charge in [-0.15, -0.1) is 0 Å². The van der Waals surface area contributed by atoms with E-state index < -0.39 is 0 Å². The summed E-state index contributed by atoms with van der Waals surface area (Å²) >= 11 is 6.97. The van der Waals surface area contributed by atoms with Crippen LogP contribution in [0.5, 0.6) is 0 Å². The molecule has 0 atom stereocenters. The Morgan fingerprint density at radius 2 is 1.92 bits per heavy atom. The first-order chi connectivity index (χ1) is 6.25. The summed E-state index contributed by atoms with van der Waals surface area (Å²) in [6.07, 6.45) is 0. The highest BCUT2D eigenvalue weighted by Gasteiger charge is 2.03. The minimum atomic E-state index is 0.807. The predicted octanol–water partition coefficient (Wildman–Crippen LogP) is 3.57. The Bertz CT molecular complexity index is 412. The molecule has 66 valence electrons. The van der Waals surface area contributed by atoms with Crippen LogP contribution in [0, 0.1) is 3.01 Å². The van der Waals surface area contributed by atoms with Gasteiger partial charge in [0.1, 0.15) is 0 Å². The van der Waals surface area contributed by atoms with Crippen LogP contribution < -0.4 is 0 Å². The molecule has 0 fully saturated rings. The van der Waals surface area contributed by atoms with Gasteiger partial charge in [-0.25, -0.2) is 4.98 Å². The molecule has 0 aliphatic carbocycles. The van der Waals surface area contributed by atoms with E-state index in [1.54, 1.807) is 0 Å². The second kappa shape index (κ2) is 4.02. The van der Waals surface area contributed by atoms with Crippen LogP contribution in [0.1, 0.15) is 0 Å². The van der Waals surface area contributed by atoms with Crippen molar-refractivity contribution < 1.29 is 0 Å². The van der Waals surface area contributed by atoms with Crippen LogP contribution in [0.2, 0.25) is 0 Å². The average Bonchev–Trinajstić information content (AvgIpc) is 2.53. The van der Waals surface area contributed by atoms with Crippen molar-refractivity contribution in [1.82, 2.24) is 9.36 Å². The molecule has 0 amide bonds. The third-order valence-electron chi connectivity index (χ3n) is 1.50. The zero-order chi connectivity index (χ0) is 9.26. The number of aromatic nitrogens is 2. The van der Waals surface area contributed by atoms with E-state index in [2.05, 4.69) is 47.9 Å². The third kappa shape index (κ3) is 2.26. The van der Waals surface area contributed by atoms with Crippen molar-refractivity contribution in [3.05, 3.63) is 31.8 Å². The Morgan fingerprint density at radius 1 is 1.23 bits per heavy atom. The van der Waals surface area contributed by atoms with Gasteiger partial charge in [-0.3, -0.25) is 0 Å². The van der Waals surface area contributed by atoms with E-state index in [9.17, 15) is 0 Å². The van der Waals surface area contributed by atoms with E-state index in [-0.39, 0.29) is 0 Å². The van der Waals surface area contributed by atoms with Crippen LogP contribution in [0.25, 0.3) is 11.4 Å². The van der Waals surface area contributed by atoms with E-state index in [1.807, 2.05) is 24.3 Å². The summed E-state index contributed by atoms with van der Waals surface area (Å²) in [6.45, 7) is 0. The zero-order valence-electron chi connectivity index (χ0n) is 6.37. The summed E-state index contributed by atoms with van der Waals surface area (Å²) in [7, 11) is 0. The lowest BCUT2D eigenvalue weighted by molar-refractivity contribution is 1.30. The van der Waals surface area contributed by atoms with Crippen LogP contribution in [-0.2, 0) is 0 Å². The first-order valence-electron chi connectivity index (χ1n) is 3.51. The van der Waals surface area contributed by atoms with Crippen LogP contribution in [-0.4, -0.2) is 9.36 Å². The number of hydrogen-bond donors (Lipinski definition) is 0. The molecular weight excluding hydrogens is 363 g/mol. The second-order valence-corrected chi connectivity index (χ2v) is 5.80. The summed E-state index contributed by atoms with van der Waals surface area (Å²) in [5.74, 6) is 0.807. The lowest BCUT2D eigenvalue weighted by atomic mass is 10.2. The highest BCUT2D eigenvalue weighted by molar-refractivity contribution is 14.1. The Hall–Kier alpha value is -0.0100. The van der Waals surface area contributed by atoms with Crippen LogP contribution in [0.3, 0.4) is 0 Å². The first kappa shape index (κ1) is 9.54. The number of nitrogens with zero attached hydrogens (tertiary/aromatic N) is 2. The normalized spacial score (nSPS) is 10.3. The summed E-state index contributed by atoms with van der Waals surface area (Å²) in [5.41, 5.74) is 1.06. The summed E-state index contributed by atoms with van der Waals surface area (Å²) in [6, 6.07) is 7.98. The highest BCUT2D eigenvalue weighted by Crippen LogP contribution is 2.20. The van der Waals surface area contributed by atoms with E-state index >= 15 is 0 Å². The fraction of sp³-hybridized carbons (Fsp3) is 0. The van der Waals surface area contributed by atoms with Gasteiger partial charge < -0.3 is 0 Å². The number of rotatable bonds is 1. The summed E-state index contributed by atoms with van der Waals surface area (Å²) < 4.78 is 6.26. The zero-order valence-corrected chi connectivity index (χ0v) is 10.9. The van der Waals surface area contributed by atoms with Crippen molar-refractivity contribution in [2.75, 3.05) is 0 Å². The van der Waals surface area contributed by atoms with Gasteiger partial charge in [0.05, 0.1) is 0 Å². The molecule has 0 spiro atoms. The van der Waals surface area contributed by atoms with E-state index in [0.29, 0.717) is 0 Å². The molecule has 0 radical (unpaired) electrons. The molecule has 0 saturated heterocycles. The van der Waals surface area contributed by atoms with Crippen LogP contribution >= 0.6 is 50.1 Å². The smallest absolute Gasteiger partial charge is 0.174 e. The van der Waals surface area contributed by atoms with E-state index in [1.165, 1.54) is 11.5 Å². The Labute approximate surface area is 102 Å². The molecule has 1 aromatic carbocycles. The molecule has 0 saturated carbocycles. The third-order valence-corrected chi connectivity index (χ3v) is 3.37. The summed E-state index contributed by atoms with van der Waals surface area (Å²) in [4.78, 5) is 4.29. The maximum absolute atomic E-state index is 4.29. The number of hydrogen-bond acceptors (Lipinski definition) is 3. The molecule has 0 aliphatic rings. The fourth-order valence-corrected chi connectivity index (χ4v) is 2.14. The quantitative estimate of drug-likeness (QED) is 0.721. The molecule has 0 N–H and O–H groups in total. The molecule has 2 aromatic rings. The van der Waals surface area contributed by atoms with Gasteiger partial charge in [0.2, 0.25) is 0 Å². The lowest BCUT2D eigenvalue weighted by Gasteiger charge is -1.93. The average molecular weight is 367 g/mol. The number of benzene rings is 1. The SMILES string of the molecule is Brc1ccc(-c2nsc(I)n2)cc1. The monoisotopic (exact) mass is 366 g/mol. The van der Waals surface area contributed by atoms with Crippen LogP contribution in [0.15, 0.2) is 28.7 Å². The predicted molar refractivity (Wildman–Crippen MR) is 65.8 cm³/mol. The Kier molecular flexibility index (Phi) is 2.95. The van der Waals surface area contributed by atoms with E-state index in [0.717, 1.165) is 18.9 Å². The standard InChI is InChI=1S/C8H4BrIN2S/c9-6-3-1-5(2-4-6)7-11-8(10)13-12-7/h1-4H. The van der Waals surface area contributed by atoms with Crippen molar-refractivity contribution in [2.24, 2.45) is 0 Å². The van der Waals surface area contributed by atoms with Gasteiger partial charge in [-0.1, -0.05) is 28.1 Å². The molecule has 0 bridgehead atoms. The molecule has 0 aliphatic heterocycles. The Morgan fingerprint density at radius 3 is 2.46 bits per heavy atom. The highest BCUT2D eigenvalue weighted by atomic mass is 127. The van der Waals surface area contributed by atoms with Crippen molar-refractivity contribution >= 4 is 50.1 Å². The van der Waals surface area contributed by atoms with Crippen molar-refractivity contribution in [3.63, 3.8) is 0 Å². The van der Waals surface area contributed by atoms with Gasteiger partial charge in [0.25, 0.3) is 0 Å². The molecule has 2 rings (SSSR count). The van der Waals surface area contributed by atoms with Gasteiger partial charge in [-0.05, 0) is 46.3 Å². The molecule has 13 heavy (non-hydrogen) atoms. The lowest BCUT2D eigenvalue weighted by Crippen LogP contribution is -1.79. The van der Waals surface area contributed by atoms with Gasteiger partial charge in [-0.2, -0.15) is 4.37 Å². The van der Waals surface area contributed by atoms with Gasteiger partial charge in [0, 0.05) is 10.0 Å². The van der Waals surface area contributed by atoms with Gasteiger partial charge in [0.15, 0.2) is 8.84 Å². The molecule has 2 nitrogen and oxygen atoms in total. The fourth-order valence-electron chi connectivity index (χ4n) is 0.921. The summed E-state index contributed by atoms with van der Waals surface area (Å²) in [5, 5.41) is 0. The maximum Gasteiger partial charge on any atom is 0.174 e. The molecule has 0 unspecified atom stereocenters. The largest absolute Gasteiger partial charge is 0.209 e. The van der Waals surface area contributed by atoms with E-state index in [4.69, 9.17) is 0 Å². The molecule has 1 heterocycles. The minimum Gasteiger partial charge on any atom is -0.209 e. The van der Waals surface area contributed by atoms with Crippen LogP contribution in [0.4, 0.5) is 0 Å². The first-order valence-corrected chi connectivity index (χ1v) is 6.15. The topological polar surface area (TPSA) is 25.8 Å². The Balaban J connectivity index is 2.41. The molecular formula is C8H4BrIN2S. The van der Waals surface area contributed by atoms with Crippen molar-refractivity contribution in [1.29, 1.82) is 0 Å². The number of halogens is 2. The minimum absolute atomic E-state index is 0.807. The van der Waals surface area contributed by atoms with Crippen molar-refractivity contribution in [2.45, 2.75) is 0 Å². The maximum atomic E-state index is 4.29. The van der Waals surface area contributed by atoms with Crippen molar-refractivity contribution in [3.8, 4) is 11.4 Å². The second-order valence-electron chi connectivity index (χ2n) is 2.38. The van der Waals surface area contributed by atoms with Gasteiger partial charge >= 0.3 is 0 Å². The molecule has 5 heteroatoms.